The topological polar surface area (TPSA) is 29.3 Å². The summed E-state index contributed by atoms with van der Waals surface area (Å²) < 4.78 is 0. The summed E-state index contributed by atoms with van der Waals surface area (Å²) in [6.07, 6.45) is 0. The van der Waals surface area contributed by atoms with Gasteiger partial charge in [-0.05, 0) is 25.1 Å². The maximum Gasteiger partial charge on any atom is 0.0519 e. The van der Waals surface area contributed by atoms with Crippen molar-refractivity contribution in [3.8, 4) is 0 Å². The first kappa shape index (κ1) is 11.1. The monoisotopic (exact) mass is 242 g/mol. The van der Waals surface area contributed by atoms with Crippen molar-refractivity contribution in [1.29, 1.82) is 0 Å². The highest BCUT2D eigenvalue weighted by Gasteiger charge is 2.28. The molecule has 15 heavy (non-hydrogen) atoms. The summed E-state index contributed by atoms with van der Waals surface area (Å²) >= 11 is 7.85. The molecule has 2 unspecified atom stereocenters. The largest absolute Gasteiger partial charge is 0.370 e. The minimum atomic E-state index is 0.450. The number of hydrogen-bond acceptors (Lipinski definition) is 3. The van der Waals surface area contributed by atoms with Crippen LogP contribution in [0.1, 0.15) is 6.92 Å². The van der Waals surface area contributed by atoms with E-state index in [2.05, 4.69) is 24.9 Å². The third-order valence-electron chi connectivity index (χ3n) is 2.96. The Morgan fingerprint density at radius 1 is 1.53 bits per heavy atom. The van der Waals surface area contributed by atoms with Crippen LogP contribution in [-0.4, -0.2) is 24.9 Å². The van der Waals surface area contributed by atoms with E-state index in [0.29, 0.717) is 17.8 Å². The Balaban J connectivity index is 2.40. The Kier molecular flexibility index (Phi) is 3.14. The third-order valence-corrected chi connectivity index (χ3v) is 4.68. The molecule has 1 aromatic rings. The fourth-order valence-corrected chi connectivity index (χ4v) is 3.28. The van der Waals surface area contributed by atoms with Crippen molar-refractivity contribution >= 4 is 29.1 Å². The van der Waals surface area contributed by atoms with Crippen molar-refractivity contribution in [2.24, 2.45) is 5.73 Å². The SMILES string of the molecule is CC1C(CN)Sc2ccc(Cl)cc2N1C. The number of hydrogen-bond donors (Lipinski definition) is 1. The van der Waals surface area contributed by atoms with Gasteiger partial charge in [-0.3, -0.25) is 0 Å². The molecule has 0 bridgehead atoms. The number of anilines is 1. The molecule has 1 heterocycles. The lowest BCUT2D eigenvalue weighted by atomic mass is 10.1. The van der Waals surface area contributed by atoms with E-state index < -0.39 is 0 Å². The van der Waals surface area contributed by atoms with Gasteiger partial charge in [-0.25, -0.2) is 0 Å². The van der Waals surface area contributed by atoms with Gasteiger partial charge in [0.2, 0.25) is 0 Å². The van der Waals surface area contributed by atoms with Gasteiger partial charge in [0.25, 0.3) is 0 Å². The number of nitrogens with two attached hydrogens (primary N) is 1. The van der Waals surface area contributed by atoms with Crippen LogP contribution in [0.5, 0.6) is 0 Å². The average Bonchev–Trinajstić information content (AvgIpc) is 2.24. The first-order valence-corrected chi connectivity index (χ1v) is 6.28. The van der Waals surface area contributed by atoms with Crippen LogP contribution in [0.3, 0.4) is 0 Å². The van der Waals surface area contributed by atoms with Gasteiger partial charge < -0.3 is 10.6 Å². The zero-order valence-corrected chi connectivity index (χ0v) is 10.5. The number of benzene rings is 1. The summed E-state index contributed by atoms with van der Waals surface area (Å²) in [5.41, 5.74) is 6.98. The normalized spacial score (nSPS) is 25.2. The van der Waals surface area contributed by atoms with Crippen LogP contribution in [0.2, 0.25) is 5.02 Å². The van der Waals surface area contributed by atoms with Crippen LogP contribution < -0.4 is 10.6 Å². The predicted molar refractivity (Wildman–Crippen MR) is 68.0 cm³/mol. The van der Waals surface area contributed by atoms with Crippen molar-refractivity contribution in [3.05, 3.63) is 23.2 Å². The van der Waals surface area contributed by atoms with Crippen LogP contribution >= 0.6 is 23.4 Å². The Bertz CT molecular complexity index is 370. The lowest BCUT2D eigenvalue weighted by molar-refractivity contribution is 0.636. The number of fused-ring (bicyclic) bond motifs is 1. The molecule has 1 aliphatic rings. The van der Waals surface area contributed by atoms with Gasteiger partial charge >= 0.3 is 0 Å². The van der Waals surface area contributed by atoms with Crippen LogP contribution in [0, 0.1) is 0 Å². The summed E-state index contributed by atoms with van der Waals surface area (Å²) in [5, 5.41) is 1.25. The van der Waals surface area contributed by atoms with Gasteiger partial charge in [-0.1, -0.05) is 11.6 Å². The van der Waals surface area contributed by atoms with Crippen molar-refractivity contribution in [2.45, 2.75) is 23.1 Å². The molecule has 0 fully saturated rings. The molecule has 0 aliphatic carbocycles. The van der Waals surface area contributed by atoms with Crippen molar-refractivity contribution in [1.82, 2.24) is 0 Å². The molecule has 2 N–H and O–H groups in total. The number of nitrogens with zero attached hydrogens (tertiary/aromatic N) is 1. The van der Waals surface area contributed by atoms with Crippen LogP contribution in [0.4, 0.5) is 5.69 Å². The summed E-state index contributed by atoms with van der Waals surface area (Å²) in [7, 11) is 2.10. The van der Waals surface area contributed by atoms with Gasteiger partial charge in [0, 0.05) is 34.8 Å². The molecule has 0 aromatic heterocycles. The van der Waals surface area contributed by atoms with Gasteiger partial charge in [0.05, 0.1) is 5.69 Å². The fraction of sp³-hybridized carbons (Fsp3) is 0.455. The van der Waals surface area contributed by atoms with Crippen molar-refractivity contribution in [3.63, 3.8) is 0 Å². The van der Waals surface area contributed by atoms with E-state index >= 15 is 0 Å². The quantitative estimate of drug-likeness (QED) is 0.821. The van der Waals surface area contributed by atoms with Crippen LogP contribution in [0.25, 0.3) is 0 Å². The van der Waals surface area contributed by atoms with E-state index in [1.807, 2.05) is 23.9 Å². The minimum absolute atomic E-state index is 0.450. The van der Waals surface area contributed by atoms with Gasteiger partial charge in [-0.2, -0.15) is 0 Å². The highest BCUT2D eigenvalue weighted by atomic mass is 35.5. The lowest BCUT2D eigenvalue weighted by Crippen LogP contribution is -2.43. The second-order valence-electron chi connectivity index (χ2n) is 3.86. The molecule has 0 saturated carbocycles. The number of rotatable bonds is 1. The number of halogens is 1. The molecule has 0 spiro atoms. The highest BCUT2D eigenvalue weighted by molar-refractivity contribution is 8.00. The van der Waals surface area contributed by atoms with Crippen molar-refractivity contribution in [2.75, 3.05) is 18.5 Å². The molecule has 2 nitrogen and oxygen atoms in total. The van der Waals surface area contributed by atoms with Crippen LogP contribution in [-0.2, 0) is 0 Å². The Hall–Kier alpha value is -0.380. The van der Waals surface area contributed by atoms with Crippen LogP contribution in [0.15, 0.2) is 23.1 Å². The van der Waals surface area contributed by atoms with Crippen molar-refractivity contribution < 1.29 is 0 Å². The summed E-state index contributed by atoms with van der Waals surface area (Å²) in [6.45, 7) is 2.91. The zero-order chi connectivity index (χ0) is 11.0. The molecule has 1 aromatic carbocycles. The third kappa shape index (κ3) is 1.96. The second kappa shape index (κ2) is 4.24. The van der Waals surface area contributed by atoms with E-state index in [-0.39, 0.29) is 0 Å². The zero-order valence-electron chi connectivity index (χ0n) is 8.90. The van der Waals surface area contributed by atoms with E-state index in [0.717, 1.165) is 5.02 Å². The predicted octanol–water partition coefficient (Wildman–Crippen LogP) is 2.60. The molecular weight excluding hydrogens is 228 g/mol. The maximum absolute atomic E-state index is 6.00. The Morgan fingerprint density at radius 3 is 2.93 bits per heavy atom. The first-order chi connectivity index (χ1) is 7.13. The second-order valence-corrected chi connectivity index (χ2v) is 5.57. The highest BCUT2D eigenvalue weighted by Crippen LogP contribution is 2.41. The molecular formula is C11H15ClN2S. The minimum Gasteiger partial charge on any atom is -0.370 e. The average molecular weight is 243 g/mol. The number of thioether (sulfide) groups is 1. The van der Waals surface area contributed by atoms with E-state index in [1.54, 1.807) is 0 Å². The van der Waals surface area contributed by atoms with Gasteiger partial charge in [0.1, 0.15) is 0 Å². The fourth-order valence-electron chi connectivity index (χ4n) is 1.84. The van der Waals surface area contributed by atoms with Gasteiger partial charge in [-0.15, -0.1) is 11.8 Å². The molecule has 4 heteroatoms. The molecule has 0 amide bonds. The standard InChI is InChI=1S/C11H15ClN2S/c1-7-11(6-13)15-10-4-3-8(12)5-9(10)14(7)2/h3-5,7,11H,6,13H2,1-2H3. The lowest BCUT2D eigenvalue weighted by Gasteiger charge is -2.38. The molecule has 0 radical (unpaired) electrons. The molecule has 1 aliphatic heterocycles. The maximum atomic E-state index is 6.00. The van der Waals surface area contributed by atoms with E-state index in [9.17, 15) is 0 Å². The molecule has 82 valence electrons. The molecule has 2 atom stereocenters. The van der Waals surface area contributed by atoms with E-state index in [4.69, 9.17) is 17.3 Å². The molecule has 2 rings (SSSR count). The summed E-state index contributed by atoms with van der Waals surface area (Å²) in [4.78, 5) is 3.53. The van der Waals surface area contributed by atoms with E-state index in [1.165, 1.54) is 10.6 Å². The van der Waals surface area contributed by atoms with Gasteiger partial charge in [0.15, 0.2) is 0 Å². The first-order valence-electron chi connectivity index (χ1n) is 5.02. The smallest absolute Gasteiger partial charge is 0.0519 e. The molecule has 0 saturated heterocycles. The summed E-state index contributed by atoms with van der Waals surface area (Å²) in [5.74, 6) is 0. The summed E-state index contributed by atoms with van der Waals surface area (Å²) in [6, 6.07) is 6.48. The Morgan fingerprint density at radius 2 is 2.27 bits per heavy atom. The Labute approximate surface area is 99.8 Å².